The van der Waals surface area contributed by atoms with E-state index >= 15 is 0 Å². The standard InChI is InChI=1S/C21H18N2O6/c24-19-17-3-1-2-4-18(17)20(25)22(19)14-9-11-16(12-10-14)29-21(26)13-5-7-15(8-6-13)23(27)28/h1-8,14,16H,9-12H2/t14-,16+. The maximum Gasteiger partial charge on any atom is 0.338 e. The number of nitro benzene ring substituents is 1. The summed E-state index contributed by atoms with van der Waals surface area (Å²) in [7, 11) is 0. The van der Waals surface area contributed by atoms with Crippen molar-refractivity contribution in [2.75, 3.05) is 0 Å². The number of amides is 2. The van der Waals surface area contributed by atoms with E-state index in [1.54, 1.807) is 24.3 Å². The van der Waals surface area contributed by atoms with Crippen LogP contribution in [0.1, 0.15) is 56.8 Å². The molecule has 2 amide bonds. The minimum absolute atomic E-state index is 0.0944. The highest BCUT2D eigenvalue weighted by atomic mass is 16.6. The van der Waals surface area contributed by atoms with Crippen LogP contribution in [0.2, 0.25) is 0 Å². The molecule has 148 valence electrons. The molecule has 0 aromatic heterocycles. The summed E-state index contributed by atoms with van der Waals surface area (Å²) >= 11 is 0. The molecule has 0 atom stereocenters. The van der Waals surface area contributed by atoms with Gasteiger partial charge in [0.25, 0.3) is 17.5 Å². The zero-order valence-electron chi connectivity index (χ0n) is 15.4. The van der Waals surface area contributed by atoms with Crippen LogP contribution in [0.25, 0.3) is 0 Å². The van der Waals surface area contributed by atoms with Gasteiger partial charge >= 0.3 is 5.97 Å². The van der Waals surface area contributed by atoms with Gasteiger partial charge in [-0.2, -0.15) is 0 Å². The Bertz CT molecular complexity index is 957. The van der Waals surface area contributed by atoms with Gasteiger partial charge in [-0.3, -0.25) is 24.6 Å². The molecule has 0 saturated heterocycles. The lowest BCUT2D eigenvalue weighted by Crippen LogP contribution is -2.43. The Balaban J connectivity index is 1.35. The second kappa shape index (κ2) is 7.46. The van der Waals surface area contributed by atoms with Crippen molar-refractivity contribution in [2.24, 2.45) is 0 Å². The van der Waals surface area contributed by atoms with Crippen LogP contribution in [0.5, 0.6) is 0 Å². The monoisotopic (exact) mass is 394 g/mol. The molecule has 1 aliphatic carbocycles. The number of esters is 1. The largest absolute Gasteiger partial charge is 0.459 e. The summed E-state index contributed by atoms with van der Waals surface area (Å²) < 4.78 is 5.51. The Kier molecular flexibility index (Phi) is 4.84. The van der Waals surface area contributed by atoms with Crippen LogP contribution < -0.4 is 0 Å². The molecule has 1 saturated carbocycles. The van der Waals surface area contributed by atoms with E-state index in [4.69, 9.17) is 4.74 Å². The van der Waals surface area contributed by atoms with Crippen molar-refractivity contribution in [1.82, 2.24) is 4.90 Å². The predicted molar refractivity (Wildman–Crippen MR) is 101 cm³/mol. The SMILES string of the molecule is O=C(O[C@H]1CC[C@@H](N2C(=O)c3ccccc3C2=O)CC1)c1ccc([N+](=O)[O-])cc1. The van der Waals surface area contributed by atoms with Crippen LogP contribution in [0.4, 0.5) is 5.69 Å². The number of hydrogen-bond acceptors (Lipinski definition) is 6. The van der Waals surface area contributed by atoms with Crippen molar-refractivity contribution in [3.05, 3.63) is 75.3 Å². The summed E-state index contributed by atoms with van der Waals surface area (Å²) in [5, 5.41) is 10.7. The van der Waals surface area contributed by atoms with E-state index in [1.807, 2.05) is 0 Å². The lowest BCUT2D eigenvalue weighted by molar-refractivity contribution is -0.384. The quantitative estimate of drug-likeness (QED) is 0.341. The molecule has 1 fully saturated rings. The smallest absolute Gasteiger partial charge is 0.338 e. The summed E-state index contributed by atoms with van der Waals surface area (Å²) in [5.41, 5.74) is 1.02. The number of benzene rings is 2. The number of carbonyl (C=O) groups is 3. The Morgan fingerprint density at radius 2 is 1.48 bits per heavy atom. The second-order valence-electron chi connectivity index (χ2n) is 7.17. The second-order valence-corrected chi connectivity index (χ2v) is 7.17. The van der Waals surface area contributed by atoms with Crippen LogP contribution >= 0.6 is 0 Å². The number of non-ortho nitro benzene ring substituents is 1. The molecule has 1 heterocycles. The lowest BCUT2D eigenvalue weighted by atomic mass is 9.91. The normalized spacial score (nSPS) is 21.0. The minimum atomic E-state index is -0.538. The summed E-state index contributed by atoms with van der Waals surface area (Å²) in [5.74, 6) is -1.07. The van der Waals surface area contributed by atoms with E-state index in [-0.39, 0.29) is 35.2 Å². The molecule has 2 aromatic rings. The minimum Gasteiger partial charge on any atom is -0.459 e. The van der Waals surface area contributed by atoms with Gasteiger partial charge in [-0.05, 0) is 49.9 Å². The maximum atomic E-state index is 12.6. The van der Waals surface area contributed by atoms with Crippen molar-refractivity contribution in [3.8, 4) is 0 Å². The first-order chi connectivity index (χ1) is 14.0. The molecule has 29 heavy (non-hydrogen) atoms. The van der Waals surface area contributed by atoms with Gasteiger partial charge in [-0.25, -0.2) is 4.79 Å². The molecule has 0 unspecified atom stereocenters. The number of imide groups is 1. The number of fused-ring (bicyclic) bond motifs is 1. The molecule has 2 aromatic carbocycles. The summed E-state index contributed by atoms with van der Waals surface area (Å²) in [4.78, 5) is 49.0. The fraction of sp³-hybridized carbons (Fsp3) is 0.286. The topological polar surface area (TPSA) is 107 Å². The molecule has 8 nitrogen and oxygen atoms in total. The molecule has 0 bridgehead atoms. The first-order valence-corrected chi connectivity index (χ1v) is 9.38. The Labute approximate surface area is 166 Å². The van der Waals surface area contributed by atoms with Gasteiger partial charge in [0.1, 0.15) is 6.10 Å². The molecule has 2 aliphatic rings. The molecular formula is C21H18N2O6. The van der Waals surface area contributed by atoms with Crippen molar-refractivity contribution in [2.45, 2.75) is 37.8 Å². The Hall–Kier alpha value is -3.55. The molecule has 0 N–H and O–H groups in total. The van der Waals surface area contributed by atoms with Crippen molar-refractivity contribution in [3.63, 3.8) is 0 Å². The van der Waals surface area contributed by atoms with Crippen LogP contribution in [0, 0.1) is 10.1 Å². The highest BCUT2D eigenvalue weighted by Gasteiger charge is 2.41. The molecule has 0 radical (unpaired) electrons. The van der Waals surface area contributed by atoms with E-state index in [0.29, 0.717) is 36.8 Å². The van der Waals surface area contributed by atoms with E-state index in [1.165, 1.54) is 29.2 Å². The van der Waals surface area contributed by atoms with Gasteiger partial charge < -0.3 is 4.74 Å². The van der Waals surface area contributed by atoms with Gasteiger partial charge in [-0.1, -0.05) is 12.1 Å². The van der Waals surface area contributed by atoms with Gasteiger partial charge in [0.2, 0.25) is 0 Å². The average molecular weight is 394 g/mol. The fourth-order valence-corrected chi connectivity index (χ4v) is 3.90. The third kappa shape index (κ3) is 3.49. The molecule has 0 spiro atoms. The van der Waals surface area contributed by atoms with Crippen molar-refractivity contribution in [1.29, 1.82) is 0 Å². The summed E-state index contributed by atoms with van der Waals surface area (Å²) in [6.07, 6.45) is 1.88. The van der Waals surface area contributed by atoms with Crippen molar-refractivity contribution >= 4 is 23.5 Å². The highest BCUT2D eigenvalue weighted by molar-refractivity contribution is 6.21. The summed E-state index contributed by atoms with van der Waals surface area (Å²) in [6, 6.07) is 11.8. The molecular weight excluding hydrogens is 376 g/mol. The first-order valence-electron chi connectivity index (χ1n) is 9.38. The predicted octanol–water partition coefficient (Wildman–Crippen LogP) is 3.36. The number of rotatable bonds is 4. The number of hydrogen-bond donors (Lipinski definition) is 0. The third-order valence-corrected chi connectivity index (χ3v) is 5.42. The first kappa shape index (κ1) is 18.8. The zero-order chi connectivity index (χ0) is 20.5. The van der Waals surface area contributed by atoms with Crippen molar-refractivity contribution < 1.29 is 24.0 Å². The van der Waals surface area contributed by atoms with Gasteiger partial charge in [0, 0.05) is 18.2 Å². The van der Waals surface area contributed by atoms with E-state index in [0.717, 1.165) is 0 Å². The Morgan fingerprint density at radius 1 is 0.931 bits per heavy atom. The number of carbonyl (C=O) groups excluding carboxylic acids is 3. The van der Waals surface area contributed by atoms with Crippen LogP contribution in [0.3, 0.4) is 0 Å². The number of nitrogens with zero attached hydrogens (tertiary/aromatic N) is 2. The van der Waals surface area contributed by atoms with Gasteiger partial charge in [-0.15, -0.1) is 0 Å². The fourth-order valence-electron chi connectivity index (χ4n) is 3.90. The van der Waals surface area contributed by atoms with E-state index in [9.17, 15) is 24.5 Å². The number of nitro groups is 1. The average Bonchev–Trinajstić information content (AvgIpc) is 2.99. The van der Waals surface area contributed by atoms with Crippen LogP contribution in [0.15, 0.2) is 48.5 Å². The third-order valence-electron chi connectivity index (χ3n) is 5.42. The van der Waals surface area contributed by atoms with E-state index < -0.39 is 10.9 Å². The van der Waals surface area contributed by atoms with E-state index in [2.05, 4.69) is 0 Å². The molecule has 4 rings (SSSR count). The number of ether oxygens (including phenoxy) is 1. The Morgan fingerprint density at radius 3 is 2.00 bits per heavy atom. The molecule has 1 aliphatic heterocycles. The zero-order valence-corrected chi connectivity index (χ0v) is 15.4. The lowest BCUT2D eigenvalue weighted by Gasteiger charge is -2.33. The maximum absolute atomic E-state index is 12.6. The van der Waals surface area contributed by atoms with Gasteiger partial charge in [0.05, 0.1) is 21.6 Å². The van der Waals surface area contributed by atoms with Gasteiger partial charge in [0.15, 0.2) is 0 Å². The highest BCUT2D eigenvalue weighted by Crippen LogP contribution is 2.32. The van der Waals surface area contributed by atoms with Crippen LogP contribution in [-0.2, 0) is 4.74 Å². The van der Waals surface area contributed by atoms with Crippen LogP contribution in [-0.4, -0.2) is 39.8 Å². The molecule has 8 heteroatoms. The summed E-state index contributed by atoms with van der Waals surface area (Å²) in [6.45, 7) is 0.